The average molecular weight is 355 g/mol. The fourth-order valence-corrected chi connectivity index (χ4v) is 3.56. The highest BCUT2D eigenvalue weighted by Gasteiger charge is 2.34. The summed E-state index contributed by atoms with van der Waals surface area (Å²) in [6.07, 6.45) is 0.386. The van der Waals surface area contributed by atoms with Crippen molar-refractivity contribution >= 4 is 22.9 Å². The van der Waals surface area contributed by atoms with E-state index in [1.165, 1.54) is 0 Å². The molecule has 1 fully saturated rings. The summed E-state index contributed by atoms with van der Waals surface area (Å²) in [4.78, 5) is 19.6. The molecule has 3 aromatic rings. The Kier molecular flexibility index (Phi) is 4.23. The van der Waals surface area contributed by atoms with E-state index in [9.17, 15) is 4.79 Å². The van der Waals surface area contributed by atoms with Gasteiger partial charge in [0, 0.05) is 24.6 Å². The van der Waals surface area contributed by atoms with Crippen LogP contribution in [-0.2, 0) is 4.79 Å². The number of hydrogen-bond donors (Lipinski definition) is 0. The zero-order valence-corrected chi connectivity index (χ0v) is 14.5. The standard InChI is InChI=1S/C18H17N3O3S/c1-2-23-14-7-5-13(6-8-14)21-11-12(10-16(21)22)17-19-18(24-20-17)15-4-3-9-25-15/h3-9,12H,2,10-11H2,1H3. The number of benzene rings is 1. The number of amides is 1. The van der Waals surface area contributed by atoms with Gasteiger partial charge in [-0.05, 0) is 42.6 Å². The van der Waals surface area contributed by atoms with Crippen molar-refractivity contribution in [3.63, 3.8) is 0 Å². The lowest BCUT2D eigenvalue weighted by molar-refractivity contribution is -0.117. The highest BCUT2D eigenvalue weighted by molar-refractivity contribution is 7.13. The molecule has 1 atom stereocenters. The maximum atomic E-state index is 12.4. The Morgan fingerprint density at radius 1 is 1.32 bits per heavy atom. The molecule has 0 radical (unpaired) electrons. The number of anilines is 1. The van der Waals surface area contributed by atoms with Crippen LogP contribution in [-0.4, -0.2) is 29.2 Å². The van der Waals surface area contributed by atoms with Gasteiger partial charge in [-0.2, -0.15) is 4.98 Å². The summed E-state index contributed by atoms with van der Waals surface area (Å²) in [5.74, 6) is 1.91. The van der Waals surface area contributed by atoms with Crippen LogP contribution in [0.2, 0.25) is 0 Å². The summed E-state index contributed by atoms with van der Waals surface area (Å²) in [6, 6.07) is 11.4. The first-order valence-electron chi connectivity index (χ1n) is 8.15. The Labute approximate surface area is 149 Å². The minimum absolute atomic E-state index is 0.0588. The third-order valence-corrected chi connectivity index (χ3v) is 4.98. The zero-order chi connectivity index (χ0) is 17.2. The van der Waals surface area contributed by atoms with E-state index in [-0.39, 0.29) is 11.8 Å². The van der Waals surface area contributed by atoms with E-state index in [0.29, 0.717) is 31.3 Å². The number of hydrogen-bond acceptors (Lipinski definition) is 6. The number of thiophene rings is 1. The highest BCUT2D eigenvalue weighted by atomic mass is 32.1. The summed E-state index contributed by atoms with van der Waals surface area (Å²) >= 11 is 1.55. The van der Waals surface area contributed by atoms with E-state index in [4.69, 9.17) is 9.26 Å². The fourth-order valence-electron chi connectivity index (χ4n) is 2.92. The van der Waals surface area contributed by atoms with Gasteiger partial charge in [-0.25, -0.2) is 0 Å². The van der Waals surface area contributed by atoms with Gasteiger partial charge < -0.3 is 14.2 Å². The van der Waals surface area contributed by atoms with Gasteiger partial charge in [0.15, 0.2) is 5.82 Å². The van der Waals surface area contributed by atoms with Crippen molar-refractivity contribution in [2.24, 2.45) is 0 Å². The fraction of sp³-hybridized carbons (Fsp3) is 0.278. The molecule has 128 valence electrons. The average Bonchev–Trinajstić information content (AvgIpc) is 3.36. The molecule has 3 heterocycles. The molecule has 4 rings (SSSR count). The summed E-state index contributed by atoms with van der Waals surface area (Å²) < 4.78 is 10.8. The van der Waals surface area contributed by atoms with Crippen molar-refractivity contribution in [2.75, 3.05) is 18.1 Å². The monoisotopic (exact) mass is 355 g/mol. The molecule has 1 aromatic carbocycles. The lowest BCUT2D eigenvalue weighted by Crippen LogP contribution is -2.24. The molecule has 1 amide bonds. The van der Waals surface area contributed by atoms with Crippen LogP contribution in [0.1, 0.15) is 25.1 Å². The third-order valence-electron chi connectivity index (χ3n) is 4.12. The second-order valence-corrected chi connectivity index (χ2v) is 6.72. The Bertz CT molecular complexity index is 858. The Balaban J connectivity index is 1.50. The maximum Gasteiger partial charge on any atom is 0.267 e. The minimum atomic E-state index is -0.0588. The van der Waals surface area contributed by atoms with Gasteiger partial charge in [-0.3, -0.25) is 4.79 Å². The normalized spacial score (nSPS) is 17.2. The Morgan fingerprint density at radius 3 is 2.88 bits per heavy atom. The van der Waals surface area contributed by atoms with E-state index in [1.807, 2.05) is 48.7 Å². The maximum absolute atomic E-state index is 12.4. The highest BCUT2D eigenvalue weighted by Crippen LogP contribution is 2.32. The quantitative estimate of drug-likeness (QED) is 0.698. The molecule has 1 aliphatic rings. The number of carbonyl (C=O) groups is 1. The van der Waals surface area contributed by atoms with Crippen LogP contribution in [0, 0.1) is 0 Å². The van der Waals surface area contributed by atoms with Crippen molar-refractivity contribution < 1.29 is 14.1 Å². The molecule has 1 saturated heterocycles. The second kappa shape index (κ2) is 6.68. The summed E-state index contributed by atoms with van der Waals surface area (Å²) in [5, 5.41) is 6.04. The topological polar surface area (TPSA) is 68.5 Å². The van der Waals surface area contributed by atoms with Crippen molar-refractivity contribution in [3.8, 4) is 16.5 Å². The predicted molar refractivity (Wildman–Crippen MR) is 94.9 cm³/mol. The predicted octanol–water partition coefficient (Wildman–Crippen LogP) is 3.72. The van der Waals surface area contributed by atoms with Crippen molar-refractivity contribution in [3.05, 3.63) is 47.6 Å². The lowest BCUT2D eigenvalue weighted by Gasteiger charge is -2.16. The lowest BCUT2D eigenvalue weighted by atomic mass is 10.1. The van der Waals surface area contributed by atoms with Crippen LogP contribution in [0.5, 0.6) is 5.75 Å². The minimum Gasteiger partial charge on any atom is -0.494 e. The summed E-state index contributed by atoms with van der Waals surface area (Å²) in [5.41, 5.74) is 0.859. The molecule has 0 spiro atoms. The van der Waals surface area contributed by atoms with Crippen molar-refractivity contribution in [1.29, 1.82) is 0 Å². The van der Waals surface area contributed by atoms with E-state index >= 15 is 0 Å². The largest absolute Gasteiger partial charge is 0.494 e. The van der Waals surface area contributed by atoms with Gasteiger partial charge in [-0.1, -0.05) is 11.2 Å². The summed E-state index contributed by atoms with van der Waals surface area (Å²) in [7, 11) is 0. The first-order valence-corrected chi connectivity index (χ1v) is 9.03. The van der Waals surface area contributed by atoms with Gasteiger partial charge in [0.1, 0.15) is 5.75 Å². The van der Waals surface area contributed by atoms with Crippen LogP contribution in [0.4, 0.5) is 5.69 Å². The molecule has 0 N–H and O–H groups in total. The number of nitrogens with zero attached hydrogens (tertiary/aromatic N) is 3. The van der Waals surface area contributed by atoms with Crippen LogP contribution >= 0.6 is 11.3 Å². The second-order valence-electron chi connectivity index (χ2n) is 5.77. The van der Waals surface area contributed by atoms with E-state index in [2.05, 4.69) is 10.1 Å². The molecule has 2 aromatic heterocycles. The summed E-state index contributed by atoms with van der Waals surface area (Å²) in [6.45, 7) is 3.11. The molecule has 25 heavy (non-hydrogen) atoms. The molecule has 0 aliphatic carbocycles. The third kappa shape index (κ3) is 3.15. The molecule has 7 heteroatoms. The SMILES string of the molecule is CCOc1ccc(N2CC(c3noc(-c4cccs4)n3)CC2=O)cc1. The van der Waals surface area contributed by atoms with Gasteiger partial charge in [0.2, 0.25) is 5.91 Å². The van der Waals surface area contributed by atoms with Gasteiger partial charge in [0.05, 0.1) is 11.5 Å². The Hall–Kier alpha value is -2.67. The van der Waals surface area contributed by atoms with Crippen LogP contribution < -0.4 is 9.64 Å². The van der Waals surface area contributed by atoms with Gasteiger partial charge >= 0.3 is 0 Å². The Morgan fingerprint density at radius 2 is 2.16 bits per heavy atom. The number of aromatic nitrogens is 2. The molecule has 1 aliphatic heterocycles. The molecular formula is C18H17N3O3S. The van der Waals surface area contributed by atoms with E-state index in [1.54, 1.807) is 16.2 Å². The molecular weight excluding hydrogens is 338 g/mol. The number of rotatable bonds is 5. The zero-order valence-electron chi connectivity index (χ0n) is 13.7. The van der Waals surface area contributed by atoms with Gasteiger partial charge in [-0.15, -0.1) is 11.3 Å². The first kappa shape index (κ1) is 15.8. The van der Waals surface area contributed by atoms with E-state index < -0.39 is 0 Å². The van der Waals surface area contributed by atoms with Crippen molar-refractivity contribution in [1.82, 2.24) is 10.1 Å². The molecule has 0 saturated carbocycles. The number of carbonyl (C=O) groups excluding carboxylic acids is 1. The molecule has 1 unspecified atom stereocenters. The smallest absolute Gasteiger partial charge is 0.267 e. The van der Waals surface area contributed by atoms with E-state index in [0.717, 1.165) is 16.3 Å². The van der Waals surface area contributed by atoms with Crippen molar-refractivity contribution in [2.45, 2.75) is 19.3 Å². The van der Waals surface area contributed by atoms with Crippen LogP contribution in [0.3, 0.4) is 0 Å². The molecule has 6 nitrogen and oxygen atoms in total. The van der Waals surface area contributed by atoms with Crippen LogP contribution in [0.25, 0.3) is 10.8 Å². The van der Waals surface area contributed by atoms with Gasteiger partial charge in [0.25, 0.3) is 5.89 Å². The first-order chi connectivity index (χ1) is 12.2. The molecule has 0 bridgehead atoms. The van der Waals surface area contributed by atoms with Crippen LogP contribution in [0.15, 0.2) is 46.3 Å². The number of ether oxygens (including phenoxy) is 1.